The molecule has 0 aliphatic carbocycles. The minimum atomic E-state index is -3.04. The second-order valence-corrected chi connectivity index (χ2v) is 4.11. The molecule has 0 bridgehead atoms. The first kappa shape index (κ1) is 10.4. The fourth-order valence-corrected chi connectivity index (χ4v) is 1.10. The number of rotatable bonds is 5. The van der Waals surface area contributed by atoms with E-state index in [-0.39, 0.29) is 0 Å². The first-order chi connectivity index (χ1) is 5.06. The van der Waals surface area contributed by atoms with Gasteiger partial charge in [0, 0.05) is 13.0 Å². The van der Waals surface area contributed by atoms with Gasteiger partial charge in [0.05, 0.1) is 12.3 Å². The van der Waals surface area contributed by atoms with E-state index in [4.69, 9.17) is 5.26 Å². The summed E-state index contributed by atoms with van der Waals surface area (Å²) < 4.78 is 23.3. The van der Waals surface area contributed by atoms with Gasteiger partial charge in [0.1, 0.15) is 0 Å². The molecule has 0 radical (unpaired) electrons. The molecule has 0 spiro atoms. The van der Waals surface area contributed by atoms with Gasteiger partial charge in [-0.1, -0.05) is 0 Å². The van der Waals surface area contributed by atoms with Crippen LogP contribution in [0.1, 0.15) is 19.3 Å². The maximum absolute atomic E-state index is 10.5. The quantitative estimate of drug-likeness (QED) is 0.609. The fraction of sp³-hybridized carbons (Fsp3) is 0.833. The van der Waals surface area contributed by atoms with E-state index in [1.165, 1.54) is 0 Å². The number of nitrogens with zero attached hydrogens (tertiary/aromatic N) is 1. The molecule has 11 heavy (non-hydrogen) atoms. The highest BCUT2D eigenvalue weighted by Gasteiger charge is 1.97. The van der Waals surface area contributed by atoms with Crippen LogP contribution in [-0.4, -0.2) is 21.2 Å². The summed E-state index contributed by atoms with van der Waals surface area (Å²) in [6.45, 7) is 0.431. The summed E-state index contributed by atoms with van der Waals surface area (Å²) in [5, 5.41) is 8.14. The monoisotopic (exact) mass is 176 g/mol. The lowest BCUT2D eigenvalue weighted by Gasteiger charge is -1.98. The van der Waals surface area contributed by atoms with Gasteiger partial charge < -0.3 is 0 Å². The van der Waals surface area contributed by atoms with Crippen LogP contribution >= 0.6 is 0 Å². The molecule has 0 aliphatic heterocycles. The normalized spacial score (nSPS) is 10.9. The minimum absolute atomic E-state index is 0.431. The highest BCUT2D eigenvalue weighted by molar-refractivity contribution is 7.88. The molecular weight excluding hydrogens is 164 g/mol. The van der Waals surface area contributed by atoms with Crippen molar-refractivity contribution < 1.29 is 8.42 Å². The van der Waals surface area contributed by atoms with Gasteiger partial charge in [-0.25, -0.2) is 13.1 Å². The van der Waals surface area contributed by atoms with Gasteiger partial charge in [0.15, 0.2) is 0 Å². The zero-order chi connectivity index (χ0) is 8.74. The van der Waals surface area contributed by atoms with Crippen molar-refractivity contribution in [3.05, 3.63) is 0 Å². The van der Waals surface area contributed by atoms with Gasteiger partial charge in [-0.15, -0.1) is 0 Å². The van der Waals surface area contributed by atoms with Gasteiger partial charge in [-0.2, -0.15) is 5.26 Å². The minimum Gasteiger partial charge on any atom is -0.215 e. The van der Waals surface area contributed by atoms with Crippen LogP contribution in [0.25, 0.3) is 0 Å². The molecular formula is C6H12N2O2S. The van der Waals surface area contributed by atoms with Crippen molar-refractivity contribution in [1.82, 2.24) is 4.72 Å². The lowest BCUT2D eigenvalue weighted by atomic mass is 10.2. The van der Waals surface area contributed by atoms with E-state index in [0.717, 1.165) is 19.1 Å². The van der Waals surface area contributed by atoms with E-state index in [0.29, 0.717) is 13.0 Å². The Morgan fingerprint density at radius 2 is 2.09 bits per heavy atom. The molecule has 64 valence electrons. The van der Waals surface area contributed by atoms with Crippen molar-refractivity contribution in [2.75, 3.05) is 12.8 Å². The Balaban J connectivity index is 3.24. The van der Waals surface area contributed by atoms with Crippen molar-refractivity contribution >= 4 is 10.0 Å². The number of unbranched alkanes of at least 4 members (excludes halogenated alkanes) is 2. The third-order valence-electron chi connectivity index (χ3n) is 1.08. The Morgan fingerprint density at radius 1 is 1.45 bits per heavy atom. The van der Waals surface area contributed by atoms with Crippen molar-refractivity contribution in [2.45, 2.75) is 19.3 Å². The molecule has 0 atom stereocenters. The van der Waals surface area contributed by atoms with Crippen LogP contribution in [0.3, 0.4) is 0 Å². The predicted molar refractivity (Wildman–Crippen MR) is 42.3 cm³/mol. The molecule has 0 aromatic rings. The van der Waals surface area contributed by atoms with Gasteiger partial charge in [0.2, 0.25) is 10.0 Å². The topological polar surface area (TPSA) is 70.0 Å². The SMILES string of the molecule is CS(=O)(=O)NCCCCC#N. The van der Waals surface area contributed by atoms with Crippen LogP contribution < -0.4 is 4.72 Å². The Hall–Kier alpha value is -0.600. The van der Waals surface area contributed by atoms with Crippen molar-refractivity contribution in [1.29, 1.82) is 5.26 Å². The predicted octanol–water partition coefficient (Wildman–Crippen LogP) is 0.229. The largest absolute Gasteiger partial charge is 0.215 e. The second-order valence-electron chi connectivity index (χ2n) is 2.28. The molecule has 0 aromatic carbocycles. The van der Waals surface area contributed by atoms with Crippen molar-refractivity contribution in [2.24, 2.45) is 0 Å². The van der Waals surface area contributed by atoms with Crippen LogP contribution in [0.4, 0.5) is 0 Å². The molecule has 1 N–H and O–H groups in total. The van der Waals surface area contributed by atoms with Crippen molar-refractivity contribution in [3.63, 3.8) is 0 Å². The van der Waals surface area contributed by atoms with Gasteiger partial charge in [0.25, 0.3) is 0 Å². The van der Waals surface area contributed by atoms with E-state index >= 15 is 0 Å². The average Bonchev–Trinajstić information content (AvgIpc) is 1.85. The Labute approximate surface area is 67.3 Å². The molecule has 5 heteroatoms. The fourth-order valence-electron chi connectivity index (χ4n) is 0.587. The molecule has 0 amide bonds. The lowest BCUT2D eigenvalue weighted by Crippen LogP contribution is -2.22. The Morgan fingerprint density at radius 3 is 2.55 bits per heavy atom. The number of sulfonamides is 1. The van der Waals surface area contributed by atoms with Gasteiger partial charge in [-0.05, 0) is 12.8 Å². The van der Waals surface area contributed by atoms with E-state index in [2.05, 4.69) is 4.72 Å². The number of hydrogen-bond donors (Lipinski definition) is 1. The summed E-state index contributed by atoms with van der Waals surface area (Å²) in [6, 6.07) is 1.99. The molecule has 0 saturated heterocycles. The molecule has 0 fully saturated rings. The van der Waals surface area contributed by atoms with Crippen LogP contribution in [0.5, 0.6) is 0 Å². The second kappa shape index (κ2) is 5.10. The van der Waals surface area contributed by atoms with Crippen LogP contribution in [0.2, 0.25) is 0 Å². The molecule has 0 saturated carbocycles. The Kier molecular flexibility index (Phi) is 4.83. The number of hydrogen-bond acceptors (Lipinski definition) is 3. The zero-order valence-electron chi connectivity index (χ0n) is 6.50. The van der Waals surface area contributed by atoms with Crippen LogP contribution in [-0.2, 0) is 10.0 Å². The van der Waals surface area contributed by atoms with E-state index < -0.39 is 10.0 Å². The Bertz CT molecular complexity index is 227. The summed E-state index contributed by atoms with van der Waals surface area (Å²) >= 11 is 0. The third-order valence-corrected chi connectivity index (χ3v) is 1.81. The molecule has 0 aromatic heterocycles. The maximum Gasteiger partial charge on any atom is 0.208 e. The molecule has 0 aliphatic rings. The summed E-state index contributed by atoms with van der Waals surface area (Å²) in [7, 11) is -3.04. The first-order valence-electron chi connectivity index (χ1n) is 3.38. The van der Waals surface area contributed by atoms with Crippen LogP contribution in [0.15, 0.2) is 0 Å². The maximum atomic E-state index is 10.5. The van der Waals surface area contributed by atoms with Crippen molar-refractivity contribution in [3.8, 4) is 6.07 Å². The highest BCUT2D eigenvalue weighted by atomic mass is 32.2. The molecule has 4 nitrogen and oxygen atoms in total. The van der Waals surface area contributed by atoms with Gasteiger partial charge >= 0.3 is 0 Å². The van der Waals surface area contributed by atoms with Crippen LogP contribution in [0, 0.1) is 11.3 Å². The molecule has 0 unspecified atom stereocenters. The van der Waals surface area contributed by atoms with E-state index in [9.17, 15) is 8.42 Å². The smallest absolute Gasteiger partial charge is 0.208 e. The number of nitriles is 1. The standard InChI is InChI=1S/C6H12N2O2S/c1-11(9,10)8-6-4-2-3-5-7/h8H,2-4,6H2,1H3. The summed E-state index contributed by atoms with van der Waals surface area (Å²) in [6.07, 6.45) is 3.09. The summed E-state index contributed by atoms with van der Waals surface area (Å²) in [5.74, 6) is 0. The molecule has 0 rings (SSSR count). The summed E-state index contributed by atoms with van der Waals surface area (Å²) in [5.41, 5.74) is 0. The van der Waals surface area contributed by atoms with Gasteiger partial charge in [-0.3, -0.25) is 0 Å². The van der Waals surface area contributed by atoms with E-state index in [1.54, 1.807) is 0 Å². The zero-order valence-corrected chi connectivity index (χ0v) is 7.32. The first-order valence-corrected chi connectivity index (χ1v) is 5.27. The lowest BCUT2D eigenvalue weighted by molar-refractivity contribution is 0.583. The number of nitrogens with one attached hydrogen (secondary N) is 1. The van der Waals surface area contributed by atoms with E-state index in [1.807, 2.05) is 6.07 Å². The summed E-state index contributed by atoms with van der Waals surface area (Å²) in [4.78, 5) is 0. The molecule has 0 heterocycles. The average molecular weight is 176 g/mol. The highest BCUT2D eigenvalue weighted by Crippen LogP contribution is 1.91. The third kappa shape index (κ3) is 9.40.